The lowest BCUT2D eigenvalue weighted by atomic mass is 10.1. The van der Waals surface area contributed by atoms with Gasteiger partial charge in [-0.25, -0.2) is 0 Å². The summed E-state index contributed by atoms with van der Waals surface area (Å²) in [7, 11) is 0. The number of primary amides is 1. The van der Waals surface area contributed by atoms with Crippen LogP contribution in [-0.4, -0.2) is 11.8 Å². The van der Waals surface area contributed by atoms with Crippen molar-refractivity contribution in [3.8, 4) is 0 Å². The van der Waals surface area contributed by atoms with Crippen LogP contribution >= 0.6 is 0 Å². The van der Waals surface area contributed by atoms with Gasteiger partial charge in [-0.1, -0.05) is 30.3 Å². The van der Waals surface area contributed by atoms with Crippen LogP contribution in [0.5, 0.6) is 0 Å². The number of nitrogens with two attached hydrogens (primary N) is 2. The molecule has 2 aromatic rings. The number of para-hydroxylation sites is 1. The van der Waals surface area contributed by atoms with E-state index in [4.69, 9.17) is 11.5 Å². The maximum atomic E-state index is 12.3. The summed E-state index contributed by atoms with van der Waals surface area (Å²) in [5.74, 6) is -0.582. The smallest absolute Gasteiger partial charge is 0.248 e. The molecule has 0 saturated heterocycles. The van der Waals surface area contributed by atoms with E-state index in [0.29, 0.717) is 12.1 Å². The maximum Gasteiger partial charge on any atom is 0.248 e. The highest BCUT2D eigenvalue weighted by molar-refractivity contribution is 6.04. The first-order valence-electron chi connectivity index (χ1n) is 6.62. The van der Waals surface area contributed by atoms with Gasteiger partial charge >= 0.3 is 0 Å². The fraction of sp³-hybridized carbons (Fsp3) is 0.125. The lowest BCUT2D eigenvalue weighted by molar-refractivity contribution is -0.119. The molecule has 0 aromatic heterocycles. The summed E-state index contributed by atoms with van der Waals surface area (Å²) in [6, 6.07) is 13.8. The minimum Gasteiger partial charge on any atom is -0.366 e. The van der Waals surface area contributed by atoms with E-state index < -0.39 is 11.9 Å². The third-order valence-electron chi connectivity index (χ3n) is 3.67. The van der Waals surface area contributed by atoms with Gasteiger partial charge in [-0.15, -0.1) is 0 Å². The van der Waals surface area contributed by atoms with Crippen LogP contribution in [0.15, 0.2) is 48.5 Å². The molecule has 21 heavy (non-hydrogen) atoms. The molecule has 0 bridgehead atoms. The Kier molecular flexibility index (Phi) is 3.19. The Balaban J connectivity index is 1.88. The summed E-state index contributed by atoms with van der Waals surface area (Å²) in [4.78, 5) is 25.0. The van der Waals surface area contributed by atoms with Gasteiger partial charge in [-0.3, -0.25) is 9.59 Å². The molecule has 0 fully saturated rings. The Hall–Kier alpha value is -2.66. The molecular formula is C16H15N3O2. The van der Waals surface area contributed by atoms with Crippen LogP contribution < -0.4 is 16.4 Å². The molecular weight excluding hydrogens is 266 g/mol. The topological polar surface area (TPSA) is 89.4 Å². The first kappa shape index (κ1) is 13.3. The van der Waals surface area contributed by atoms with Crippen LogP contribution in [-0.2, 0) is 11.3 Å². The zero-order chi connectivity index (χ0) is 15.0. The molecule has 1 unspecified atom stereocenters. The molecule has 1 heterocycles. The van der Waals surface area contributed by atoms with Crippen molar-refractivity contribution in [3.63, 3.8) is 0 Å². The molecule has 1 atom stereocenters. The minimum absolute atomic E-state index is 0.116. The summed E-state index contributed by atoms with van der Waals surface area (Å²) in [6.07, 6.45) is 0. The number of hydrogen-bond donors (Lipinski definition) is 2. The van der Waals surface area contributed by atoms with E-state index in [1.807, 2.05) is 24.3 Å². The van der Waals surface area contributed by atoms with Gasteiger partial charge in [0.15, 0.2) is 0 Å². The van der Waals surface area contributed by atoms with Crippen molar-refractivity contribution in [1.29, 1.82) is 0 Å². The van der Waals surface area contributed by atoms with E-state index >= 15 is 0 Å². The Bertz CT molecular complexity index is 710. The SMILES string of the molecule is NC(=O)c1ccc(CN2C(=O)C(N)c3ccccc32)cc1. The van der Waals surface area contributed by atoms with Crippen LogP contribution in [0.25, 0.3) is 0 Å². The van der Waals surface area contributed by atoms with E-state index in [2.05, 4.69) is 0 Å². The molecule has 5 heteroatoms. The molecule has 0 aliphatic carbocycles. The summed E-state index contributed by atoms with van der Waals surface area (Å²) < 4.78 is 0. The van der Waals surface area contributed by atoms with Crippen LogP contribution in [0, 0.1) is 0 Å². The Morgan fingerprint density at radius 2 is 1.76 bits per heavy atom. The fourth-order valence-electron chi connectivity index (χ4n) is 2.54. The molecule has 106 valence electrons. The molecule has 5 nitrogen and oxygen atoms in total. The zero-order valence-electron chi connectivity index (χ0n) is 11.3. The van der Waals surface area contributed by atoms with Crippen LogP contribution in [0.4, 0.5) is 5.69 Å². The number of benzene rings is 2. The number of hydrogen-bond acceptors (Lipinski definition) is 3. The number of anilines is 1. The van der Waals surface area contributed by atoms with E-state index in [0.717, 1.165) is 16.8 Å². The van der Waals surface area contributed by atoms with Crippen molar-refractivity contribution in [3.05, 3.63) is 65.2 Å². The standard InChI is InChI=1S/C16H15N3O2/c17-14-12-3-1-2-4-13(12)19(16(14)21)9-10-5-7-11(8-6-10)15(18)20/h1-8,14H,9,17H2,(H2,18,20). The second-order valence-electron chi connectivity index (χ2n) is 5.02. The zero-order valence-corrected chi connectivity index (χ0v) is 11.3. The summed E-state index contributed by atoms with van der Waals surface area (Å²) in [5.41, 5.74) is 14.2. The number of nitrogens with zero attached hydrogens (tertiary/aromatic N) is 1. The van der Waals surface area contributed by atoms with Crippen molar-refractivity contribution in [1.82, 2.24) is 0 Å². The molecule has 2 amide bonds. The summed E-state index contributed by atoms with van der Waals surface area (Å²) in [5, 5.41) is 0. The average molecular weight is 281 g/mol. The quantitative estimate of drug-likeness (QED) is 0.889. The van der Waals surface area contributed by atoms with Gasteiger partial charge in [-0.05, 0) is 23.8 Å². The maximum absolute atomic E-state index is 12.3. The number of amides is 2. The van der Waals surface area contributed by atoms with Crippen LogP contribution in [0.1, 0.15) is 27.5 Å². The second kappa shape index (κ2) is 5.03. The molecule has 0 radical (unpaired) electrons. The largest absolute Gasteiger partial charge is 0.366 e. The predicted octanol–water partition coefficient (Wildman–Crippen LogP) is 1.33. The monoisotopic (exact) mass is 281 g/mol. The third-order valence-corrected chi connectivity index (χ3v) is 3.67. The highest BCUT2D eigenvalue weighted by Gasteiger charge is 2.34. The molecule has 0 spiro atoms. The second-order valence-corrected chi connectivity index (χ2v) is 5.02. The van der Waals surface area contributed by atoms with Crippen molar-refractivity contribution in [2.24, 2.45) is 11.5 Å². The van der Waals surface area contributed by atoms with E-state index in [9.17, 15) is 9.59 Å². The predicted molar refractivity (Wildman–Crippen MR) is 79.5 cm³/mol. The number of fused-ring (bicyclic) bond motifs is 1. The Labute approximate surface area is 122 Å². The van der Waals surface area contributed by atoms with Crippen molar-refractivity contribution >= 4 is 17.5 Å². The van der Waals surface area contributed by atoms with Gasteiger partial charge in [0.1, 0.15) is 6.04 Å². The number of rotatable bonds is 3. The van der Waals surface area contributed by atoms with E-state index in [1.54, 1.807) is 29.2 Å². The Morgan fingerprint density at radius 3 is 2.43 bits per heavy atom. The Morgan fingerprint density at radius 1 is 1.10 bits per heavy atom. The minimum atomic E-state index is -0.605. The van der Waals surface area contributed by atoms with Gasteiger partial charge in [-0.2, -0.15) is 0 Å². The number of carbonyl (C=O) groups excluding carboxylic acids is 2. The van der Waals surface area contributed by atoms with Gasteiger partial charge in [0, 0.05) is 16.8 Å². The highest BCUT2D eigenvalue weighted by atomic mass is 16.2. The molecule has 1 aliphatic rings. The summed E-state index contributed by atoms with van der Waals surface area (Å²) >= 11 is 0. The summed E-state index contributed by atoms with van der Waals surface area (Å²) in [6.45, 7) is 0.419. The van der Waals surface area contributed by atoms with Gasteiger partial charge in [0.25, 0.3) is 0 Å². The van der Waals surface area contributed by atoms with E-state index in [1.165, 1.54) is 0 Å². The molecule has 3 rings (SSSR count). The number of carbonyl (C=O) groups is 2. The normalized spacial score (nSPS) is 16.9. The van der Waals surface area contributed by atoms with Crippen LogP contribution in [0.2, 0.25) is 0 Å². The molecule has 0 saturated carbocycles. The molecule has 2 aromatic carbocycles. The first-order chi connectivity index (χ1) is 10.1. The fourth-order valence-corrected chi connectivity index (χ4v) is 2.54. The highest BCUT2D eigenvalue weighted by Crippen LogP contribution is 2.35. The average Bonchev–Trinajstić information content (AvgIpc) is 2.73. The van der Waals surface area contributed by atoms with Gasteiger partial charge in [0.05, 0.1) is 6.54 Å². The first-order valence-corrected chi connectivity index (χ1v) is 6.62. The van der Waals surface area contributed by atoms with Crippen LogP contribution in [0.3, 0.4) is 0 Å². The van der Waals surface area contributed by atoms with Crippen molar-refractivity contribution < 1.29 is 9.59 Å². The lowest BCUT2D eigenvalue weighted by Gasteiger charge is -2.17. The van der Waals surface area contributed by atoms with E-state index in [-0.39, 0.29) is 5.91 Å². The lowest BCUT2D eigenvalue weighted by Crippen LogP contribution is -2.31. The molecule has 4 N–H and O–H groups in total. The van der Waals surface area contributed by atoms with Crippen molar-refractivity contribution in [2.45, 2.75) is 12.6 Å². The van der Waals surface area contributed by atoms with Gasteiger partial charge < -0.3 is 16.4 Å². The van der Waals surface area contributed by atoms with Gasteiger partial charge in [0.2, 0.25) is 11.8 Å². The molecule has 1 aliphatic heterocycles. The van der Waals surface area contributed by atoms with Crippen molar-refractivity contribution in [2.75, 3.05) is 4.90 Å². The third kappa shape index (κ3) is 2.28.